The quantitative estimate of drug-likeness (QED) is 0.523. The molecule has 0 heterocycles. The Bertz CT molecular complexity index is 881. The number of nitrogens with one attached hydrogen (secondary N) is 1. The van der Waals surface area contributed by atoms with E-state index < -0.39 is 6.04 Å². The summed E-state index contributed by atoms with van der Waals surface area (Å²) in [6, 6.07) is 15.2. The van der Waals surface area contributed by atoms with Gasteiger partial charge in [-0.25, -0.2) is 0 Å². The molecule has 166 valence electrons. The van der Waals surface area contributed by atoms with Crippen molar-refractivity contribution >= 4 is 35.2 Å². The highest BCUT2D eigenvalue weighted by Crippen LogP contribution is 2.22. The third kappa shape index (κ3) is 7.29. The van der Waals surface area contributed by atoms with Gasteiger partial charge in [-0.2, -0.15) is 0 Å². The number of hydrogen-bond acceptors (Lipinski definition) is 3. The maximum absolute atomic E-state index is 13.2. The summed E-state index contributed by atoms with van der Waals surface area (Å²) < 4.78 is 0. The zero-order chi connectivity index (χ0) is 22.2. The van der Waals surface area contributed by atoms with E-state index in [1.165, 1.54) is 23.7 Å². The van der Waals surface area contributed by atoms with Gasteiger partial charge in [-0.15, -0.1) is 11.8 Å². The molecule has 1 saturated carbocycles. The molecular weight excluding hydrogens is 428 g/mol. The second-order valence-electron chi connectivity index (χ2n) is 8.27. The van der Waals surface area contributed by atoms with Gasteiger partial charge in [-0.05, 0) is 56.5 Å². The van der Waals surface area contributed by atoms with Gasteiger partial charge >= 0.3 is 0 Å². The minimum Gasteiger partial charge on any atom is -0.352 e. The van der Waals surface area contributed by atoms with Crippen molar-refractivity contribution in [1.82, 2.24) is 10.2 Å². The lowest BCUT2D eigenvalue weighted by Gasteiger charge is -2.31. The molecule has 0 aliphatic heterocycles. The molecule has 0 radical (unpaired) electrons. The molecule has 2 aromatic rings. The van der Waals surface area contributed by atoms with Crippen LogP contribution in [0, 0.1) is 6.92 Å². The van der Waals surface area contributed by atoms with E-state index in [9.17, 15) is 9.59 Å². The van der Waals surface area contributed by atoms with Crippen molar-refractivity contribution in [3.8, 4) is 0 Å². The largest absolute Gasteiger partial charge is 0.352 e. The molecule has 0 saturated heterocycles. The van der Waals surface area contributed by atoms with Gasteiger partial charge in [0.05, 0.1) is 5.75 Å². The highest BCUT2D eigenvalue weighted by Gasteiger charge is 2.28. The number of benzene rings is 2. The number of nitrogens with zero attached hydrogens (tertiary/aromatic N) is 1. The van der Waals surface area contributed by atoms with Crippen LogP contribution < -0.4 is 5.32 Å². The smallest absolute Gasteiger partial charge is 0.242 e. The van der Waals surface area contributed by atoms with Gasteiger partial charge in [0.25, 0.3) is 0 Å². The standard InChI is InChI=1S/C25H31ClN2O2S/c1-18-11-13-23(14-12-18)31-17-24(29)28(16-20-7-6-8-21(26)15-20)19(2)25(30)27-22-9-4-3-5-10-22/h6-8,11-15,19,22H,3-5,9-10,16-17H2,1-2H3,(H,27,30). The van der Waals surface area contributed by atoms with Gasteiger partial charge in [-0.1, -0.05) is 60.7 Å². The predicted octanol–water partition coefficient (Wildman–Crippen LogP) is 5.61. The van der Waals surface area contributed by atoms with Crippen molar-refractivity contribution in [3.05, 3.63) is 64.7 Å². The van der Waals surface area contributed by atoms with E-state index in [2.05, 4.69) is 5.32 Å². The van der Waals surface area contributed by atoms with Crippen LogP contribution in [0.2, 0.25) is 5.02 Å². The first-order valence-electron chi connectivity index (χ1n) is 11.0. The molecule has 2 amide bonds. The number of aryl methyl sites for hydroxylation is 1. The maximum atomic E-state index is 13.2. The lowest BCUT2D eigenvalue weighted by atomic mass is 9.95. The van der Waals surface area contributed by atoms with E-state index in [1.807, 2.05) is 62.4 Å². The van der Waals surface area contributed by atoms with Crippen LogP contribution in [0.5, 0.6) is 0 Å². The summed E-state index contributed by atoms with van der Waals surface area (Å²) in [4.78, 5) is 28.9. The third-order valence-electron chi connectivity index (χ3n) is 5.74. The molecule has 1 aliphatic carbocycles. The predicted molar refractivity (Wildman–Crippen MR) is 128 cm³/mol. The Morgan fingerprint density at radius 2 is 1.84 bits per heavy atom. The summed E-state index contributed by atoms with van der Waals surface area (Å²) in [5, 5.41) is 3.79. The van der Waals surface area contributed by atoms with Gasteiger partial charge in [0.2, 0.25) is 11.8 Å². The molecule has 1 unspecified atom stereocenters. The summed E-state index contributed by atoms with van der Waals surface area (Å²) in [7, 11) is 0. The first kappa shape index (κ1) is 23.7. The molecule has 1 atom stereocenters. The van der Waals surface area contributed by atoms with E-state index in [4.69, 9.17) is 11.6 Å². The summed E-state index contributed by atoms with van der Waals surface area (Å²) >= 11 is 7.64. The van der Waals surface area contributed by atoms with E-state index >= 15 is 0 Å². The Labute approximate surface area is 194 Å². The maximum Gasteiger partial charge on any atom is 0.242 e. The third-order valence-corrected chi connectivity index (χ3v) is 6.98. The fourth-order valence-electron chi connectivity index (χ4n) is 3.85. The van der Waals surface area contributed by atoms with Crippen molar-refractivity contribution in [3.63, 3.8) is 0 Å². The Morgan fingerprint density at radius 1 is 1.13 bits per heavy atom. The van der Waals surface area contributed by atoms with E-state index in [0.29, 0.717) is 11.6 Å². The molecular formula is C25H31ClN2O2S. The molecule has 1 N–H and O–H groups in total. The first-order valence-corrected chi connectivity index (χ1v) is 12.3. The normalized spacial score (nSPS) is 15.3. The summed E-state index contributed by atoms with van der Waals surface area (Å²) in [5.41, 5.74) is 2.10. The zero-order valence-corrected chi connectivity index (χ0v) is 19.8. The Kier molecular flexibility index (Phi) is 8.85. The van der Waals surface area contributed by atoms with E-state index in [0.717, 1.165) is 36.1 Å². The van der Waals surface area contributed by atoms with Crippen molar-refractivity contribution < 1.29 is 9.59 Å². The number of carbonyl (C=O) groups excluding carboxylic acids is 2. The number of thioether (sulfide) groups is 1. The average Bonchev–Trinajstić information content (AvgIpc) is 2.77. The highest BCUT2D eigenvalue weighted by molar-refractivity contribution is 8.00. The minimum atomic E-state index is -0.549. The molecule has 2 aromatic carbocycles. The van der Waals surface area contributed by atoms with Crippen LogP contribution in [0.1, 0.15) is 50.2 Å². The molecule has 0 bridgehead atoms. The molecule has 1 aliphatic rings. The number of rotatable bonds is 8. The lowest BCUT2D eigenvalue weighted by Crippen LogP contribution is -2.50. The van der Waals surface area contributed by atoms with Gasteiger partial charge in [0, 0.05) is 22.5 Å². The molecule has 3 rings (SSSR count). The summed E-state index contributed by atoms with van der Waals surface area (Å²) in [6.07, 6.45) is 5.57. The van der Waals surface area contributed by atoms with Crippen LogP contribution in [0.4, 0.5) is 0 Å². The topological polar surface area (TPSA) is 49.4 Å². The van der Waals surface area contributed by atoms with Crippen molar-refractivity contribution in [2.75, 3.05) is 5.75 Å². The second kappa shape index (κ2) is 11.6. The molecule has 0 aromatic heterocycles. The monoisotopic (exact) mass is 458 g/mol. The highest BCUT2D eigenvalue weighted by atomic mass is 35.5. The minimum absolute atomic E-state index is 0.0585. The van der Waals surface area contributed by atoms with Crippen LogP contribution in [-0.2, 0) is 16.1 Å². The fourth-order valence-corrected chi connectivity index (χ4v) is 4.84. The van der Waals surface area contributed by atoms with E-state index in [-0.39, 0.29) is 23.6 Å². The summed E-state index contributed by atoms with van der Waals surface area (Å²) in [6.45, 7) is 4.21. The Balaban J connectivity index is 1.70. The molecule has 1 fully saturated rings. The number of carbonyl (C=O) groups is 2. The van der Waals surface area contributed by atoms with Crippen molar-refractivity contribution in [1.29, 1.82) is 0 Å². The van der Waals surface area contributed by atoms with Crippen LogP contribution in [0.3, 0.4) is 0 Å². The van der Waals surface area contributed by atoms with Crippen LogP contribution in [0.25, 0.3) is 0 Å². The van der Waals surface area contributed by atoms with Gasteiger partial charge in [0.1, 0.15) is 6.04 Å². The van der Waals surface area contributed by atoms with Crippen LogP contribution in [0.15, 0.2) is 53.4 Å². The van der Waals surface area contributed by atoms with E-state index in [1.54, 1.807) is 4.90 Å². The number of halogens is 1. The van der Waals surface area contributed by atoms with Crippen LogP contribution in [-0.4, -0.2) is 34.6 Å². The van der Waals surface area contributed by atoms with Gasteiger partial charge in [0.15, 0.2) is 0 Å². The van der Waals surface area contributed by atoms with Crippen molar-refractivity contribution in [2.45, 2.75) is 69.5 Å². The second-order valence-corrected chi connectivity index (χ2v) is 9.76. The Hall–Kier alpha value is -1.98. The lowest BCUT2D eigenvalue weighted by molar-refractivity contribution is -0.139. The molecule has 4 nitrogen and oxygen atoms in total. The molecule has 31 heavy (non-hydrogen) atoms. The zero-order valence-electron chi connectivity index (χ0n) is 18.3. The SMILES string of the molecule is Cc1ccc(SCC(=O)N(Cc2cccc(Cl)c2)C(C)C(=O)NC2CCCCC2)cc1. The molecule has 0 spiro atoms. The van der Waals surface area contributed by atoms with Gasteiger partial charge < -0.3 is 10.2 Å². The first-order chi connectivity index (χ1) is 14.9. The summed E-state index contributed by atoms with van der Waals surface area (Å²) in [5.74, 6) is 0.143. The van der Waals surface area contributed by atoms with Crippen molar-refractivity contribution in [2.24, 2.45) is 0 Å². The van der Waals surface area contributed by atoms with Gasteiger partial charge in [-0.3, -0.25) is 9.59 Å². The number of amides is 2. The average molecular weight is 459 g/mol. The van der Waals surface area contributed by atoms with Crippen LogP contribution >= 0.6 is 23.4 Å². The fraction of sp³-hybridized carbons (Fsp3) is 0.440. The Morgan fingerprint density at radius 3 is 2.52 bits per heavy atom. The number of hydrogen-bond donors (Lipinski definition) is 1. The molecule has 6 heteroatoms.